The number of rotatable bonds is 9. The molecule has 19 heavy (non-hydrogen) atoms. The average molecular weight is 276 g/mol. The van der Waals surface area contributed by atoms with E-state index >= 15 is 0 Å². The van der Waals surface area contributed by atoms with E-state index in [1.807, 2.05) is 0 Å². The van der Waals surface area contributed by atoms with Crippen molar-refractivity contribution in [3.63, 3.8) is 0 Å². The number of hydrogen-bond acceptors (Lipinski definition) is 5. The number of ether oxygens (including phenoxy) is 1. The van der Waals surface area contributed by atoms with Gasteiger partial charge in [-0.15, -0.1) is 0 Å². The fourth-order valence-electron chi connectivity index (χ4n) is 1.07. The van der Waals surface area contributed by atoms with E-state index < -0.39 is 36.9 Å². The molecular formula is C9H16N4O6. The third kappa shape index (κ3) is 9.35. The van der Waals surface area contributed by atoms with Crippen molar-refractivity contribution in [3.05, 3.63) is 0 Å². The van der Waals surface area contributed by atoms with Gasteiger partial charge < -0.3 is 31.5 Å². The molecule has 10 heteroatoms. The number of carbonyl (C=O) groups excluding carboxylic acids is 3. The van der Waals surface area contributed by atoms with Crippen molar-refractivity contribution in [1.29, 1.82) is 0 Å². The smallest absolute Gasteiger partial charge is 0.323 e. The SMILES string of the molecule is NC(=O)COCCNC(=O)N(CC(N)=O)CC(=O)O. The predicted molar refractivity (Wildman–Crippen MR) is 61.8 cm³/mol. The van der Waals surface area contributed by atoms with Gasteiger partial charge in [-0.05, 0) is 0 Å². The molecule has 108 valence electrons. The van der Waals surface area contributed by atoms with Crippen LogP contribution >= 0.6 is 0 Å². The molecule has 0 aliphatic rings. The minimum absolute atomic E-state index is 0.0200. The van der Waals surface area contributed by atoms with Crippen LogP contribution in [0.3, 0.4) is 0 Å². The number of amides is 4. The fraction of sp³-hybridized carbons (Fsp3) is 0.556. The first-order valence-corrected chi connectivity index (χ1v) is 5.22. The molecule has 6 N–H and O–H groups in total. The first-order valence-electron chi connectivity index (χ1n) is 5.22. The largest absolute Gasteiger partial charge is 0.480 e. The second-order valence-electron chi connectivity index (χ2n) is 3.47. The minimum atomic E-state index is -1.28. The lowest BCUT2D eigenvalue weighted by atomic mass is 10.4. The van der Waals surface area contributed by atoms with Crippen molar-refractivity contribution < 1.29 is 29.0 Å². The Labute approximate surface area is 108 Å². The van der Waals surface area contributed by atoms with Crippen LogP contribution in [-0.2, 0) is 19.1 Å². The zero-order chi connectivity index (χ0) is 14.8. The molecule has 0 rings (SSSR count). The van der Waals surface area contributed by atoms with Crippen LogP contribution < -0.4 is 16.8 Å². The highest BCUT2D eigenvalue weighted by molar-refractivity contribution is 5.85. The summed E-state index contributed by atoms with van der Waals surface area (Å²) in [5, 5.41) is 10.9. The molecule has 0 radical (unpaired) electrons. The van der Waals surface area contributed by atoms with Crippen molar-refractivity contribution >= 4 is 23.8 Å². The van der Waals surface area contributed by atoms with Gasteiger partial charge in [0.2, 0.25) is 11.8 Å². The van der Waals surface area contributed by atoms with Gasteiger partial charge in [0.25, 0.3) is 0 Å². The van der Waals surface area contributed by atoms with Gasteiger partial charge in [0.05, 0.1) is 6.61 Å². The number of primary amides is 2. The van der Waals surface area contributed by atoms with Crippen LogP contribution in [0.2, 0.25) is 0 Å². The summed E-state index contributed by atoms with van der Waals surface area (Å²) >= 11 is 0. The maximum absolute atomic E-state index is 11.5. The Morgan fingerprint density at radius 3 is 2.21 bits per heavy atom. The summed E-state index contributed by atoms with van der Waals surface area (Å²) in [5.41, 5.74) is 9.70. The molecule has 0 aromatic carbocycles. The first-order chi connectivity index (χ1) is 8.82. The van der Waals surface area contributed by atoms with Crippen LogP contribution in [0.15, 0.2) is 0 Å². The zero-order valence-electron chi connectivity index (χ0n) is 10.1. The van der Waals surface area contributed by atoms with Crippen LogP contribution in [0.4, 0.5) is 4.79 Å². The van der Waals surface area contributed by atoms with Gasteiger partial charge in [0.15, 0.2) is 0 Å². The molecule has 10 nitrogen and oxygen atoms in total. The summed E-state index contributed by atoms with van der Waals surface area (Å²) in [5.74, 6) is -2.75. The number of urea groups is 1. The standard InChI is InChI=1S/C9H16N4O6/c10-6(14)3-13(4-8(16)17)9(18)12-1-2-19-5-7(11)15/h1-5H2,(H2,10,14)(H2,11,15)(H,12,18)(H,16,17). The molecule has 0 unspecified atom stereocenters. The quantitative estimate of drug-likeness (QED) is 0.329. The lowest BCUT2D eigenvalue weighted by Gasteiger charge is -2.19. The number of aliphatic carboxylic acids is 1. The Kier molecular flexibility index (Phi) is 7.61. The second kappa shape index (κ2) is 8.69. The molecule has 0 aliphatic carbocycles. The Morgan fingerprint density at radius 2 is 1.74 bits per heavy atom. The van der Waals surface area contributed by atoms with E-state index in [0.29, 0.717) is 0 Å². The molecule has 0 spiro atoms. The summed E-state index contributed by atoms with van der Waals surface area (Å²) in [7, 11) is 0. The highest BCUT2D eigenvalue weighted by Crippen LogP contribution is 1.89. The monoisotopic (exact) mass is 276 g/mol. The van der Waals surface area contributed by atoms with Gasteiger partial charge >= 0.3 is 12.0 Å². The maximum Gasteiger partial charge on any atom is 0.323 e. The first kappa shape index (κ1) is 16.6. The number of nitrogens with one attached hydrogen (secondary N) is 1. The molecule has 0 aromatic rings. The van der Waals surface area contributed by atoms with Crippen molar-refractivity contribution in [3.8, 4) is 0 Å². The lowest BCUT2D eigenvalue weighted by molar-refractivity contribution is -0.137. The summed E-state index contributed by atoms with van der Waals surface area (Å²) in [6.07, 6.45) is 0. The summed E-state index contributed by atoms with van der Waals surface area (Å²) in [6.45, 7) is -1.40. The van der Waals surface area contributed by atoms with Gasteiger partial charge in [-0.2, -0.15) is 0 Å². The normalized spacial score (nSPS) is 9.68. The van der Waals surface area contributed by atoms with Crippen LogP contribution in [0.1, 0.15) is 0 Å². The Hall–Kier alpha value is -2.36. The number of nitrogens with zero attached hydrogens (tertiary/aromatic N) is 1. The molecule has 4 amide bonds. The molecule has 0 fully saturated rings. The van der Waals surface area contributed by atoms with E-state index in [1.165, 1.54) is 0 Å². The average Bonchev–Trinajstić information content (AvgIpc) is 2.25. The summed E-state index contributed by atoms with van der Waals surface area (Å²) < 4.78 is 4.77. The van der Waals surface area contributed by atoms with Gasteiger partial charge in [0, 0.05) is 6.54 Å². The van der Waals surface area contributed by atoms with Crippen molar-refractivity contribution in [2.24, 2.45) is 11.5 Å². The summed E-state index contributed by atoms with van der Waals surface area (Å²) in [4.78, 5) is 43.8. The highest BCUT2D eigenvalue weighted by atomic mass is 16.5. The van der Waals surface area contributed by atoms with Crippen LogP contribution in [0.5, 0.6) is 0 Å². The number of nitrogens with two attached hydrogens (primary N) is 2. The molecule has 0 saturated heterocycles. The Morgan fingerprint density at radius 1 is 1.11 bits per heavy atom. The van der Waals surface area contributed by atoms with E-state index in [4.69, 9.17) is 21.3 Å². The summed E-state index contributed by atoms with van der Waals surface area (Å²) in [6, 6.07) is -0.774. The van der Waals surface area contributed by atoms with Crippen LogP contribution in [0.25, 0.3) is 0 Å². The van der Waals surface area contributed by atoms with Crippen molar-refractivity contribution in [2.75, 3.05) is 32.8 Å². The zero-order valence-corrected chi connectivity index (χ0v) is 10.1. The maximum atomic E-state index is 11.5. The third-order valence-electron chi connectivity index (χ3n) is 1.73. The minimum Gasteiger partial charge on any atom is -0.480 e. The molecule has 0 heterocycles. The van der Waals surface area contributed by atoms with Crippen LogP contribution in [0, 0.1) is 0 Å². The van der Waals surface area contributed by atoms with E-state index in [-0.39, 0.29) is 19.8 Å². The van der Waals surface area contributed by atoms with Gasteiger partial charge in [0.1, 0.15) is 19.7 Å². The second-order valence-corrected chi connectivity index (χ2v) is 3.47. The molecule has 0 atom stereocenters. The molecule has 0 aromatic heterocycles. The van der Waals surface area contributed by atoms with E-state index in [1.54, 1.807) is 0 Å². The highest BCUT2D eigenvalue weighted by Gasteiger charge is 2.18. The fourth-order valence-corrected chi connectivity index (χ4v) is 1.07. The molecule has 0 aliphatic heterocycles. The number of carbonyl (C=O) groups is 4. The Balaban J connectivity index is 4.06. The van der Waals surface area contributed by atoms with E-state index in [2.05, 4.69) is 5.32 Å². The van der Waals surface area contributed by atoms with Crippen molar-refractivity contribution in [1.82, 2.24) is 10.2 Å². The molecule has 0 bridgehead atoms. The van der Waals surface area contributed by atoms with Crippen LogP contribution in [-0.4, -0.2) is 66.7 Å². The third-order valence-corrected chi connectivity index (χ3v) is 1.73. The van der Waals surface area contributed by atoms with Gasteiger partial charge in [-0.3, -0.25) is 14.4 Å². The van der Waals surface area contributed by atoms with Crippen molar-refractivity contribution in [2.45, 2.75) is 0 Å². The predicted octanol–water partition coefficient (Wildman–Crippen LogP) is -2.93. The Bertz CT molecular complexity index is 343. The lowest BCUT2D eigenvalue weighted by Crippen LogP contribution is -2.47. The van der Waals surface area contributed by atoms with E-state index in [0.717, 1.165) is 4.90 Å². The molecular weight excluding hydrogens is 260 g/mol. The molecule has 0 saturated carbocycles. The topological polar surface area (TPSA) is 165 Å². The number of carboxylic acid groups (broad SMARTS) is 1. The van der Waals surface area contributed by atoms with Gasteiger partial charge in [-0.1, -0.05) is 0 Å². The number of carboxylic acids is 1. The number of hydrogen-bond donors (Lipinski definition) is 4. The van der Waals surface area contributed by atoms with Gasteiger partial charge in [-0.25, -0.2) is 4.79 Å². The van der Waals surface area contributed by atoms with E-state index in [9.17, 15) is 19.2 Å².